The first kappa shape index (κ1) is 12.4. The molecular weight excluding hydrogens is 211 g/mol. The zero-order valence-electron chi connectivity index (χ0n) is 8.87. The molecule has 16 heavy (non-hydrogen) atoms. The summed E-state index contributed by atoms with van der Waals surface area (Å²) in [4.78, 5) is 11.3. The smallest absolute Gasteiger partial charge is 0.319 e. The highest BCUT2D eigenvalue weighted by atomic mass is 19.1. The Bertz CT molecular complexity index is 327. The van der Waals surface area contributed by atoms with Crippen LogP contribution in [0.2, 0.25) is 0 Å². The highest BCUT2D eigenvalue weighted by molar-refractivity contribution is 5.89. The topological polar surface area (TPSA) is 61.4 Å². The summed E-state index contributed by atoms with van der Waals surface area (Å²) in [7, 11) is 0. The maximum atomic E-state index is 12.6. The van der Waals surface area contributed by atoms with Gasteiger partial charge in [-0.2, -0.15) is 0 Å². The third-order valence-corrected chi connectivity index (χ3v) is 1.97. The average molecular weight is 226 g/mol. The van der Waals surface area contributed by atoms with E-state index in [0.29, 0.717) is 18.7 Å². The molecule has 3 N–H and O–H groups in total. The van der Waals surface area contributed by atoms with Gasteiger partial charge in [-0.25, -0.2) is 9.18 Å². The molecule has 2 amide bonds. The Morgan fingerprint density at radius 1 is 1.25 bits per heavy atom. The van der Waals surface area contributed by atoms with Gasteiger partial charge in [-0.05, 0) is 37.1 Å². The Labute approximate surface area is 93.5 Å². The first-order chi connectivity index (χ1) is 7.72. The Kier molecular flexibility index (Phi) is 5.28. The second-order valence-corrected chi connectivity index (χ2v) is 3.32. The first-order valence-electron chi connectivity index (χ1n) is 5.13. The van der Waals surface area contributed by atoms with Gasteiger partial charge in [-0.15, -0.1) is 0 Å². The number of benzene rings is 1. The number of aliphatic hydroxyl groups excluding tert-OH is 1. The van der Waals surface area contributed by atoms with Crippen LogP contribution in [0, 0.1) is 5.82 Å². The van der Waals surface area contributed by atoms with Gasteiger partial charge in [-0.3, -0.25) is 0 Å². The van der Waals surface area contributed by atoms with E-state index in [9.17, 15) is 9.18 Å². The molecule has 0 aliphatic carbocycles. The minimum atomic E-state index is -0.339. The van der Waals surface area contributed by atoms with E-state index in [1.165, 1.54) is 24.3 Å². The predicted molar refractivity (Wildman–Crippen MR) is 59.7 cm³/mol. The van der Waals surface area contributed by atoms with Crippen LogP contribution in [0.3, 0.4) is 0 Å². The number of rotatable bonds is 5. The Morgan fingerprint density at radius 3 is 2.56 bits per heavy atom. The number of unbranched alkanes of at least 4 members (excludes halogenated alkanes) is 1. The monoisotopic (exact) mass is 226 g/mol. The molecule has 0 aliphatic heterocycles. The van der Waals surface area contributed by atoms with E-state index in [-0.39, 0.29) is 18.5 Å². The lowest BCUT2D eigenvalue weighted by Crippen LogP contribution is -2.29. The minimum absolute atomic E-state index is 0.126. The fraction of sp³-hybridized carbons (Fsp3) is 0.364. The van der Waals surface area contributed by atoms with Gasteiger partial charge in [0.2, 0.25) is 0 Å². The third kappa shape index (κ3) is 4.75. The van der Waals surface area contributed by atoms with Crippen LogP contribution < -0.4 is 10.6 Å². The van der Waals surface area contributed by atoms with Crippen LogP contribution in [0.4, 0.5) is 14.9 Å². The highest BCUT2D eigenvalue weighted by Gasteiger charge is 2.00. The van der Waals surface area contributed by atoms with Crippen LogP contribution in [0.5, 0.6) is 0 Å². The summed E-state index contributed by atoms with van der Waals surface area (Å²) in [6.45, 7) is 0.634. The number of halogens is 1. The van der Waals surface area contributed by atoms with Gasteiger partial charge < -0.3 is 15.7 Å². The number of carbonyl (C=O) groups is 1. The summed E-state index contributed by atoms with van der Waals surface area (Å²) in [5.41, 5.74) is 0.543. The number of hydrogen-bond acceptors (Lipinski definition) is 2. The molecule has 0 aromatic heterocycles. The molecule has 0 saturated carbocycles. The van der Waals surface area contributed by atoms with Gasteiger partial charge >= 0.3 is 6.03 Å². The maximum absolute atomic E-state index is 12.6. The summed E-state index contributed by atoms with van der Waals surface area (Å²) in [5.74, 6) is -0.339. The normalized spacial score (nSPS) is 9.88. The Morgan fingerprint density at radius 2 is 1.94 bits per heavy atom. The SMILES string of the molecule is O=C(NCCCCO)Nc1ccc(F)cc1. The van der Waals surface area contributed by atoms with Crippen LogP contribution in [-0.2, 0) is 0 Å². The van der Waals surface area contributed by atoms with Crippen molar-refractivity contribution in [3.8, 4) is 0 Å². The molecule has 4 nitrogen and oxygen atoms in total. The quantitative estimate of drug-likeness (QED) is 0.669. The van der Waals surface area contributed by atoms with E-state index >= 15 is 0 Å². The molecule has 5 heteroatoms. The summed E-state index contributed by atoms with van der Waals surface area (Å²) < 4.78 is 12.6. The molecule has 0 saturated heterocycles. The van der Waals surface area contributed by atoms with Gasteiger partial charge in [0.1, 0.15) is 5.82 Å². The molecule has 1 aromatic rings. The number of urea groups is 1. The van der Waals surface area contributed by atoms with Crippen LogP contribution in [-0.4, -0.2) is 24.3 Å². The van der Waals surface area contributed by atoms with Crippen molar-refractivity contribution < 1.29 is 14.3 Å². The van der Waals surface area contributed by atoms with Gasteiger partial charge in [0.05, 0.1) is 0 Å². The second-order valence-electron chi connectivity index (χ2n) is 3.32. The molecule has 0 aliphatic rings. The predicted octanol–water partition coefficient (Wildman–Crippen LogP) is 1.72. The van der Waals surface area contributed by atoms with Crippen molar-refractivity contribution in [2.24, 2.45) is 0 Å². The van der Waals surface area contributed by atoms with E-state index in [4.69, 9.17) is 5.11 Å². The minimum Gasteiger partial charge on any atom is -0.396 e. The van der Waals surface area contributed by atoms with E-state index in [1.54, 1.807) is 0 Å². The lowest BCUT2D eigenvalue weighted by Gasteiger charge is -2.06. The van der Waals surface area contributed by atoms with E-state index < -0.39 is 0 Å². The Balaban J connectivity index is 2.26. The van der Waals surface area contributed by atoms with Gasteiger partial charge in [0, 0.05) is 18.8 Å². The summed E-state index contributed by atoms with van der Waals surface area (Å²) in [5, 5.41) is 13.7. The van der Waals surface area contributed by atoms with E-state index in [0.717, 1.165) is 6.42 Å². The fourth-order valence-corrected chi connectivity index (χ4v) is 1.15. The molecule has 0 fully saturated rings. The fourth-order valence-electron chi connectivity index (χ4n) is 1.15. The van der Waals surface area contributed by atoms with Gasteiger partial charge in [-0.1, -0.05) is 0 Å². The van der Waals surface area contributed by atoms with Crippen molar-refractivity contribution in [1.29, 1.82) is 0 Å². The lowest BCUT2D eigenvalue weighted by atomic mass is 10.3. The Hall–Kier alpha value is -1.62. The number of anilines is 1. The van der Waals surface area contributed by atoms with Crippen LogP contribution in [0.25, 0.3) is 0 Å². The summed E-state index contributed by atoms with van der Waals surface area (Å²) >= 11 is 0. The largest absolute Gasteiger partial charge is 0.396 e. The van der Waals surface area contributed by atoms with Crippen LogP contribution in [0.1, 0.15) is 12.8 Å². The van der Waals surface area contributed by atoms with Gasteiger partial charge in [0.25, 0.3) is 0 Å². The average Bonchev–Trinajstić information content (AvgIpc) is 2.28. The second kappa shape index (κ2) is 6.79. The van der Waals surface area contributed by atoms with Crippen LogP contribution >= 0.6 is 0 Å². The third-order valence-electron chi connectivity index (χ3n) is 1.97. The molecule has 1 rings (SSSR count). The number of hydrogen-bond donors (Lipinski definition) is 3. The lowest BCUT2D eigenvalue weighted by molar-refractivity contribution is 0.250. The number of amides is 2. The van der Waals surface area contributed by atoms with Gasteiger partial charge in [0.15, 0.2) is 0 Å². The molecule has 0 atom stereocenters. The van der Waals surface area contributed by atoms with E-state index in [1.807, 2.05) is 0 Å². The summed E-state index contributed by atoms with van der Waals surface area (Å²) in [6, 6.07) is 5.21. The van der Waals surface area contributed by atoms with Crippen molar-refractivity contribution in [3.05, 3.63) is 30.1 Å². The van der Waals surface area contributed by atoms with Crippen molar-refractivity contribution in [1.82, 2.24) is 5.32 Å². The van der Waals surface area contributed by atoms with Crippen LogP contribution in [0.15, 0.2) is 24.3 Å². The van der Waals surface area contributed by atoms with Crippen molar-refractivity contribution in [2.75, 3.05) is 18.5 Å². The molecule has 1 aromatic carbocycles. The molecule has 0 spiro atoms. The number of carbonyl (C=O) groups excluding carboxylic acids is 1. The van der Waals surface area contributed by atoms with E-state index in [2.05, 4.69) is 10.6 Å². The molecule has 0 radical (unpaired) electrons. The molecule has 88 valence electrons. The summed E-state index contributed by atoms with van der Waals surface area (Å²) in [6.07, 6.45) is 1.39. The number of aliphatic hydroxyl groups is 1. The highest BCUT2D eigenvalue weighted by Crippen LogP contribution is 2.07. The standard InChI is InChI=1S/C11H15FN2O2/c12-9-3-5-10(6-4-9)14-11(16)13-7-1-2-8-15/h3-6,15H,1-2,7-8H2,(H2,13,14,16). The molecule has 0 bridgehead atoms. The molecular formula is C11H15FN2O2. The molecule has 0 heterocycles. The number of nitrogens with one attached hydrogen (secondary N) is 2. The van der Waals surface area contributed by atoms with Crippen molar-refractivity contribution in [2.45, 2.75) is 12.8 Å². The first-order valence-corrected chi connectivity index (χ1v) is 5.13. The zero-order valence-corrected chi connectivity index (χ0v) is 8.87. The zero-order chi connectivity index (χ0) is 11.8. The van der Waals surface area contributed by atoms with Crippen molar-refractivity contribution in [3.63, 3.8) is 0 Å². The van der Waals surface area contributed by atoms with Crippen molar-refractivity contribution >= 4 is 11.7 Å². The molecule has 0 unspecified atom stereocenters. The maximum Gasteiger partial charge on any atom is 0.319 e.